The van der Waals surface area contributed by atoms with Crippen LogP contribution in [0.4, 0.5) is 0 Å². The zero-order valence-electron chi connectivity index (χ0n) is 6.82. The molecule has 0 rings (SSSR count). The van der Waals surface area contributed by atoms with Crippen LogP contribution in [0, 0.1) is 5.41 Å². The largest absolute Gasteiger partial charge is 0.299 e. The van der Waals surface area contributed by atoms with E-state index in [1.165, 1.54) is 0 Å². The molecule has 11 heavy (non-hydrogen) atoms. The van der Waals surface area contributed by atoms with Crippen molar-refractivity contribution in [3.63, 3.8) is 0 Å². The molecule has 0 aliphatic heterocycles. The first-order valence-corrected chi connectivity index (χ1v) is 4.06. The molecule has 0 saturated heterocycles. The van der Waals surface area contributed by atoms with Gasteiger partial charge in [0.1, 0.15) is 5.78 Å². The van der Waals surface area contributed by atoms with Gasteiger partial charge in [-0.15, -0.1) is 11.6 Å². The van der Waals surface area contributed by atoms with Crippen LogP contribution in [0.25, 0.3) is 0 Å². The summed E-state index contributed by atoms with van der Waals surface area (Å²) in [6, 6.07) is 0. The summed E-state index contributed by atoms with van der Waals surface area (Å²) in [6.07, 6.45) is 2.70. The van der Waals surface area contributed by atoms with E-state index in [1.807, 2.05) is 0 Å². The van der Waals surface area contributed by atoms with Crippen LogP contribution in [0.3, 0.4) is 0 Å². The minimum absolute atomic E-state index is 0.0897. The van der Waals surface area contributed by atoms with E-state index in [0.29, 0.717) is 18.7 Å². The lowest BCUT2D eigenvalue weighted by Gasteiger charge is -2.12. The van der Waals surface area contributed by atoms with Crippen molar-refractivity contribution in [1.29, 1.82) is 0 Å². The summed E-state index contributed by atoms with van der Waals surface area (Å²) in [6.45, 7) is 3.13. The molecule has 0 amide bonds. The predicted octanol–water partition coefficient (Wildman–Crippen LogP) is 1.71. The topological polar surface area (TPSA) is 34.1 Å². The second-order valence-electron chi connectivity index (χ2n) is 2.94. The number of halogens is 1. The molecule has 63 valence electrons. The first kappa shape index (κ1) is 10.6. The highest BCUT2D eigenvalue weighted by Gasteiger charge is 2.26. The van der Waals surface area contributed by atoms with Gasteiger partial charge in [-0.1, -0.05) is 0 Å². The van der Waals surface area contributed by atoms with Crippen molar-refractivity contribution in [2.24, 2.45) is 5.41 Å². The number of Topliss-reactive ketones (excluding diaryl/α,β-unsaturated/α-hetero) is 1. The van der Waals surface area contributed by atoms with Gasteiger partial charge in [0.25, 0.3) is 0 Å². The first-order chi connectivity index (χ1) is 5.04. The van der Waals surface area contributed by atoms with Crippen LogP contribution in [0.5, 0.6) is 0 Å². The molecule has 0 saturated carbocycles. The molecular weight excluding hydrogens is 164 g/mol. The maximum atomic E-state index is 11.1. The number of carbonyl (C=O) groups excluding carboxylic acids is 2. The zero-order valence-corrected chi connectivity index (χ0v) is 7.57. The van der Waals surface area contributed by atoms with Crippen molar-refractivity contribution in [1.82, 2.24) is 0 Å². The molecule has 0 aromatic rings. The van der Waals surface area contributed by atoms with E-state index in [4.69, 9.17) is 11.6 Å². The SMILES string of the molecule is CC(C)([C]=O)C(=O)CCCCl. The quantitative estimate of drug-likeness (QED) is 0.471. The molecule has 0 aliphatic carbocycles. The molecule has 0 atom stereocenters. The van der Waals surface area contributed by atoms with Crippen molar-refractivity contribution >= 4 is 23.7 Å². The number of hydrogen-bond donors (Lipinski definition) is 0. The van der Waals surface area contributed by atoms with E-state index >= 15 is 0 Å². The lowest BCUT2D eigenvalue weighted by atomic mass is 9.88. The van der Waals surface area contributed by atoms with Gasteiger partial charge in [-0.05, 0) is 20.3 Å². The minimum atomic E-state index is -0.952. The van der Waals surface area contributed by atoms with Gasteiger partial charge >= 0.3 is 0 Å². The molecule has 0 fully saturated rings. The highest BCUT2D eigenvalue weighted by atomic mass is 35.5. The van der Waals surface area contributed by atoms with E-state index in [-0.39, 0.29) is 5.78 Å². The Kier molecular flexibility index (Phi) is 4.34. The number of rotatable bonds is 5. The Morgan fingerprint density at radius 1 is 1.55 bits per heavy atom. The number of alkyl halides is 1. The van der Waals surface area contributed by atoms with Crippen LogP contribution in [0.15, 0.2) is 0 Å². The average Bonchev–Trinajstić information content (AvgIpc) is 2.00. The Bertz CT molecular complexity index is 152. The van der Waals surface area contributed by atoms with E-state index in [9.17, 15) is 9.59 Å². The standard InChI is InChI=1S/C8H12ClO2/c1-8(2,6-10)7(11)4-3-5-9/h3-5H2,1-2H3. The van der Waals surface area contributed by atoms with Crippen molar-refractivity contribution in [2.75, 3.05) is 5.88 Å². The lowest BCUT2D eigenvalue weighted by Crippen LogP contribution is -2.25. The van der Waals surface area contributed by atoms with Crippen LogP contribution in [0.2, 0.25) is 0 Å². The summed E-state index contributed by atoms with van der Waals surface area (Å²) < 4.78 is 0. The summed E-state index contributed by atoms with van der Waals surface area (Å²) in [7, 11) is 0. The van der Waals surface area contributed by atoms with Crippen LogP contribution in [-0.2, 0) is 9.59 Å². The van der Waals surface area contributed by atoms with E-state index in [0.717, 1.165) is 0 Å². The van der Waals surface area contributed by atoms with Gasteiger partial charge < -0.3 is 0 Å². The number of ketones is 1. The normalized spacial score (nSPS) is 11.2. The monoisotopic (exact) mass is 175 g/mol. The Labute approximate surface area is 71.9 Å². The minimum Gasteiger partial charge on any atom is -0.299 e. The molecule has 0 heterocycles. The Morgan fingerprint density at radius 3 is 2.45 bits per heavy atom. The zero-order chi connectivity index (χ0) is 8.91. The van der Waals surface area contributed by atoms with Crippen LogP contribution < -0.4 is 0 Å². The van der Waals surface area contributed by atoms with Gasteiger partial charge in [-0.25, -0.2) is 0 Å². The Morgan fingerprint density at radius 2 is 2.09 bits per heavy atom. The molecule has 0 N–H and O–H groups in total. The Hall–Kier alpha value is -0.370. The summed E-state index contributed by atoms with van der Waals surface area (Å²) >= 11 is 5.39. The fourth-order valence-corrected chi connectivity index (χ4v) is 0.730. The second-order valence-corrected chi connectivity index (χ2v) is 3.32. The molecule has 2 nitrogen and oxygen atoms in total. The van der Waals surface area contributed by atoms with Gasteiger partial charge in [0.2, 0.25) is 6.29 Å². The Balaban J connectivity index is 3.91. The van der Waals surface area contributed by atoms with Crippen LogP contribution >= 0.6 is 11.6 Å². The highest BCUT2D eigenvalue weighted by Crippen LogP contribution is 2.15. The summed E-state index contributed by atoms with van der Waals surface area (Å²) in [5.74, 6) is 0.369. The molecular formula is C8H12ClO2. The number of hydrogen-bond acceptors (Lipinski definition) is 2. The molecule has 0 unspecified atom stereocenters. The van der Waals surface area contributed by atoms with Crippen molar-refractivity contribution in [2.45, 2.75) is 26.7 Å². The molecule has 1 radical (unpaired) electrons. The molecule has 0 spiro atoms. The van der Waals surface area contributed by atoms with Crippen molar-refractivity contribution in [3.8, 4) is 0 Å². The van der Waals surface area contributed by atoms with Gasteiger partial charge in [0.15, 0.2) is 0 Å². The third-order valence-electron chi connectivity index (χ3n) is 1.49. The highest BCUT2D eigenvalue weighted by molar-refractivity contribution is 6.18. The maximum absolute atomic E-state index is 11.1. The summed E-state index contributed by atoms with van der Waals surface area (Å²) in [5, 5.41) is 0. The van der Waals surface area contributed by atoms with Gasteiger partial charge in [-0.2, -0.15) is 0 Å². The molecule has 3 heteroatoms. The fraction of sp³-hybridized carbons (Fsp3) is 0.750. The fourth-order valence-electron chi connectivity index (χ4n) is 0.597. The third-order valence-corrected chi connectivity index (χ3v) is 1.76. The average molecular weight is 176 g/mol. The van der Waals surface area contributed by atoms with Crippen molar-refractivity contribution < 1.29 is 9.59 Å². The van der Waals surface area contributed by atoms with E-state index < -0.39 is 5.41 Å². The van der Waals surface area contributed by atoms with Crippen molar-refractivity contribution in [3.05, 3.63) is 0 Å². The summed E-state index contributed by atoms with van der Waals surface area (Å²) in [5.41, 5.74) is -0.952. The van der Waals surface area contributed by atoms with Crippen LogP contribution in [-0.4, -0.2) is 17.9 Å². The van der Waals surface area contributed by atoms with E-state index in [2.05, 4.69) is 0 Å². The maximum Gasteiger partial charge on any atom is 0.212 e. The number of carbonyl (C=O) groups is 1. The molecule has 0 bridgehead atoms. The van der Waals surface area contributed by atoms with Gasteiger partial charge in [0.05, 0.1) is 5.41 Å². The van der Waals surface area contributed by atoms with Crippen LogP contribution in [0.1, 0.15) is 26.7 Å². The second kappa shape index (κ2) is 4.50. The predicted molar refractivity (Wildman–Crippen MR) is 44.4 cm³/mol. The smallest absolute Gasteiger partial charge is 0.212 e. The first-order valence-electron chi connectivity index (χ1n) is 3.53. The van der Waals surface area contributed by atoms with E-state index in [1.54, 1.807) is 20.1 Å². The molecule has 0 aliphatic rings. The van der Waals surface area contributed by atoms with Gasteiger partial charge in [-0.3, -0.25) is 9.59 Å². The molecule has 0 aromatic carbocycles. The summed E-state index contributed by atoms with van der Waals surface area (Å²) in [4.78, 5) is 21.4. The third kappa shape index (κ3) is 3.51. The lowest BCUT2D eigenvalue weighted by molar-refractivity contribution is -0.124. The molecule has 0 aromatic heterocycles. The van der Waals surface area contributed by atoms with Gasteiger partial charge in [0, 0.05) is 12.3 Å².